The predicted octanol–water partition coefficient (Wildman–Crippen LogP) is 1.41. The van der Waals surface area contributed by atoms with Crippen molar-refractivity contribution in [1.29, 1.82) is 0 Å². The van der Waals surface area contributed by atoms with E-state index in [1.807, 2.05) is 0 Å². The third kappa shape index (κ3) is 1.75. The van der Waals surface area contributed by atoms with Crippen LogP contribution in [-0.2, 0) is 0 Å². The summed E-state index contributed by atoms with van der Waals surface area (Å²) in [6, 6.07) is 5.83. The van der Waals surface area contributed by atoms with Gasteiger partial charge in [0.25, 0.3) is 5.69 Å². The molecule has 0 aliphatic heterocycles. The fraction of sp³-hybridized carbons (Fsp3) is 0. The number of hydrogen-bond acceptors (Lipinski definition) is 6. The lowest BCUT2D eigenvalue weighted by Crippen LogP contribution is -1.93. The highest BCUT2D eigenvalue weighted by molar-refractivity contribution is 5.78. The van der Waals surface area contributed by atoms with Gasteiger partial charge in [0.15, 0.2) is 5.65 Å². The first-order valence-electron chi connectivity index (χ1n) is 5.29. The van der Waals surface area contributed by atoms with Crippen LogP contribution in [0.3, 0.4) is 0 Å². The molecule has 0 saturated heterocycles. The second kappa shape index (κ2) is 4.02. The van der Waals surface area contributed by atoms with Gasteiger partial charge in [0.05, 0.1) is 11.1 Å². The zero-order chi connectivity index (χ0) is 13.4. The van der Waals surface area contributed by atoms with Crippen molar-refractivity contribution in [3.05, 3.63) is 46.9 Å². The van der Waals surface area contributed by atoms with Crippen LogP contribution in [0, 0.1) is 10.1 Å². The highest BCUT2D eigenvalue weighted by Gasteiger charge is 2.13. The molecule has 8 heteroatoms. The lowest BCUT2D eigenvalue weighted by Gasteiger charge is -1.99. The van der Waals surface area contributed by atoms with Crippen molar-refractivity contribution in [2.75, 3.05) is 0 Å². The normalized spacial score (nSPS) is 10.7. The second-order valence-electron chi connectivity index (χ2n) is 3.77. The number of nitro benzene ring substituents is 1. The Balaban J connectivity index is 2.22. The Labute approximate surface area is 106 Å². The molecule has 2 heterocycles. The first kappa shape index (κ1) is 11.1. The van der Waals surface area contributed by atoms with E-state index in [2.05, 4.69) is 15.1 Å². The SMILES string of the molecule is O=[N+]([O-])c1cccc(-c2cnn3c(O)ncnc23)c1. The molecule has 0 amide bonds. The number of nitrogens with zero attached hydrogens (tertiary/aromatic N) is 5. The van der Waals surface area contributed by atoms with Crippen molar-refractivity contribution < 1.29 is 10.0 Å². The Morgan fingerprint density at radius 2 is 2.16 bits per heavy atom. The third-order valence-corrected chi connectivity index (χ3v) is 2.65. The van der Waals surface area contributed by atoms with Crippen LogP contribution in [-0.4, -0.2) is 29.6 Å². The average Bonchev–Trinajstić information content (AvgIpc) is 2.84. The van der Waals surface area contributed by atoms with E-state index >= 15 is 0 Å². The highest BCUT2D eigenvalue weighted by Crippen LogP contribution is 2.27. The van der Waals surface area contributed by atoms with Crippen molar-refractivity contribution in [3.63, 3.8) is 0 Å². The smallest absolute Gasteiger partial charge is 0.318 e. The van der Waals surface area contributed by atoms with E-state index < -0.39 is 4.92 Å². The fourth-order valence-corrected chi connectivity index (χ4v) is 1.79. The molecular weight excluding hydrogens is 250 g/mol. The number of aromatic hydroxyl groups is 1. The molecule has 0 aliphatic rings. The van der Waals surface area contributed by atoms with Crippen LogP contribution in [0.1, 0.15) is 0 Å². The molecule has 0 fully saturated rings. The molecule has 3 aromatic rings. The number of benzene rings is 1. The third-order valence-electron chi connectivity index (χ3n) is 2.65. The maximum Gasteiger partial charge on any atom is 0.318 e. The van der Waals surface area contributed by atoms with Gasteiger partial charge in [0, 0.05) is 17.7 Å². The second-order valence-corrected chi connectivity index (χ2v) is 3.77. The molecule has 1 N–H and O–H groups in total. The van der Waals surface area contributed by atoms with Crippen LogP contribution in [0.4, 0.5) is 5.69 Å². The van der Waals surface area contributed by atoms with Crippen LogP contribution in [0.25, 0.3) is 16.8 Å². The van der Waals surface area contributed by atoms with Crippen molar-refractivity contribution in [2.24, 2.45) is 0 Å². The van der Waals surface area contributed by atoms with Gasteiger partial charge in [-0.25, -0.2) is 4.98 Å². The van der Waals surface area contributed by atoms with Gasteiger partial charge in [-0.3, -0.25) is 10.1 Å². The van der Waals surface area contributed by atoms with Crippen LogP contribution < -0.4 is 0 Å². The minimum absolute atomic E-state index is 0.0184. The summed E-state index contributed by atoms with van der Waals surface area (Å²) in [7, 11) is 0. The topological polar surface area (TPSA) is 106 Å². The van der Waals surface area contributed by atoms with E-state index in [9.17, 15) is 15.2 Å². The number of fused-ring (bicyclic) bond motifs is 1. The summed E-state index contributed by atoms with van der Waals surface area (Å²) in [5, 5.41) is 24.2. The zero-order valence-corrected chi connectivity index (χ0v) is 9.46. The molecule has 8 nitrogen and oxygen atoms in total. The molecule has 0 saturated carbocycles. The molecule has 19 heavy (non-hydrogen) atoms. The summed E-state index contributed by atoms with van der Waals surface area (Å²) in [5.74, 6) is 0. The molecule has 1 aromatic carbocycles. The number of non-ortho nitro benzene ring substituents is 1. The summed E-state index contributed by atoms with van der Waals surface area (Å²) in [4.78, 5) is 17.9. The highest BCUT2D eigenvalue weighted by atomic mass is 16.6. The first-order chi connectivity index (χ1) is 9.16. The summed E-state index contributed by atoms with van der Waals surface area (Å²) >= 11 is 0. The largest absolute Gasteiger partial charge is 0.479 e. The summed E-state index contributed by atoms with van der Waals surface area (Å²) in [6.45, 7) is 0. The minimum Gasteiger partial charge on any atom is -0.479 e. The molecule has 0 aliphatic carbocycles. The van der Waals surface area contributed by atoms with E-state index in [1.165, 1.54) is 24.7 Å². The first-order valence-corrected chi connectivity index (χ1v) is 5.29. The Morgan fingerprint density at radius 1 is 1.32 bits per heavy atom. The molecule has 3 rings (SSSR count). The van der Waals surface area contributed by atoms with Crippen LogP contribution in [0.2, 0.25) is 0 Å². The van der Waals surface area contributed by atoms with E-state index in [4.69, 9.17) is 0 Å². The van der Waals surface area contributed by atoms with E-state index in [0.717, 1.165) is 4.52 Å². The summed E-state index contributed by atoms with van der Waals surface area (Å²) in [5.41, 5.74) is 1.55. The monoisotopic (exact) mass is 257 g/mol. The maximum atomic E-state index is 10.8. The number of aromatic nitrogens is 4. The maximum absolute atomic E-state index is 10.8. The molecule has 0 bridgehead atoms. The Kier molecular flexibility index (Phi) is 2.34. The minimum atomic E-state index is -0.471. The standard InChI is InChI=1S/C11H7N5O3/c17-11-13-6-12-10-9(5-14-15(10)11)7-2-1-3-8(4-7)16(18)19/h1-6H,(H,12,13,17). The Bertz CT molecular complexity index is 783. The summed E-state index contributed by atoms with van der Waals surface area (Å²) < 4.78 is 1.16. The van der Waals surface area contributed by atoms with E-state index in [1.54, 1.807) is 12.1 Å². The van der Waals surface area contributed by atoms with Gasteiger partial charge in [0.1, 0.15) is 6.33 Å². The molecule has 0 radical (unpaired) electrons. The van der Waals surface area contributed by atoms with Crippen molar-refractivity contribution in [2.45, 2.75) is 0 Å². The molecule has 0 atom stereocenters. The summed E-state index contributed by atoms with van der Waals surface area (Å²) in [6.07, 6.45) is 2.68. The van der Waals surface area contributed by atoms with Crippen LogP contribution in [0.15, 0.2) is 36.8 Å². The molecular formula is C11H7N5O3. The number of hydrogen-bond donors (Lipinski definition) is 1. The van der Waals surface area contributed by atoms with Crippen molar-refractivity contribution in [3.8, 4) is 17.1 Å². The average molecular weight is 257 g/mol. The van der Waals surface area contributed by atoms with Gasteiger partial charge in [-0.15, -0.1) is 0 Å². The lowest BCUT2D eigenvalue weighted by molar-refractivity contribution is -0.384. The molecule has 0 spiro atoms. The zero-order valence-electron chi connectivity index (χ0n) is 9.46. The fourth-order valence-electron chi connectivity index (χ4n) is 1.79. The van der Waals surface area contributed by atoms with Crippen molar-refractivity contribution >= 4 is 11.3 Å². The number of rotatable bonds is 2. The van der Waals surface area contributed by atoms with Crippen LogP contribution >= 0.6 is 0 Å². The van der Waals surface area contributed by atoms with Gasteiger partial charge < -0.3 is 5.11 Å². The quantitative estimate of drug-likeness (QED) is 0.549. The van der Waals surface area contributed by atoms with Gasteiger partial charge in [0.2, 0.25) is 0 Å². The number of nitro groups is 1. The Morgan fingerprint density at radius 3 is 2.95 bits per heavy atom. The molecule has 0 unspecified atom stereocenters. The predicted molar refractivity (Wildman–Crippen MR) is 64.5 cm³/mol. The van der Waals surface area contributed by atoms with Gasteiger partial charge in [-0.1, -0.05) is 12.1 Å². The van der Waals surface area contributed by atoms with Gasteiger partial charge in [-0.2, -0.15) is 14.6 Å². The van der Waals surface area contributed by atoms with E-state index in [-0.39, 0.29) is 11.7 Å². The van der Waals surface area contributed by atoms with Crippen LogP contribution in [0.5, 0.6) is 6.01 Å². The van der Waals surface area contributed by atoms with E-state index in [0.29, 0.717) is 16.8 Å². The van der Waals surface area contributed by atoms with Crippen molar-refractivity contribution in [1.82, 2.24) is 19.6 Å². The molecule has 2 aromatic heterocycles. The van der Waals surface area contributed by atoms with Gasteiger partial charge >= 0.3 is 6.01 Å². The molecule has 94 valence electrons. The lowest BCUT2D eigenvalue weighted by atomic mass is 10.1. The Hall–Kier alpha value is -3.03. The van der Waals surface area contributed by atoms with Gasteiger partial charge in [-0.05, 0) is 5.56 Å².